The van der Waals surface area contributed by atoms with Gasteiger partial charge in [0.1, 0.15) is 0 Å². The predicted molar refractivity (Wildman–Crippen MR) is 109 cm³/mol. The second kappa shape index (κ2) is 7.04. The van der Waals surface area contributed by atoms with E-state index in [0.29, 0.717) is 25.7 Å². The molecule has 0 radical (unpaired) electrons. The second-order valence-electron chi connectivity index (χ2n) is 10.2. The van der Waals surface area contributed by atoms with E-state index in [2.05, 4.69) is 19.9 Å². The van der Waals surface area contributed by atoms with Crippen molar-refractivity contribution in [3.63, 3.8) is 0 Å². The van der Waals surface area contributed by atoms with Crippen LogP contribution in [0.3, 0.4) is 0 Å². The lowest BCUT2D eigenvalue weighted by atomic mass is 9.48. The molecule has 4 aliphatic rings. The molecule has 0 saturated heterocycles. The van der Waals surface area contributed by atoms with Gasteiger partial charge in [0.15, 0.2) is 5.78 Å². The molecular weight excluding hydrogens is 384 g/mol. The van der Waals surface area contributed by atoms with Gasteiger partial charge in [-0.2, -0.15) is 0 Å². The first-order chi connectivity index (χ1) is 14.1. The summed E-state index contributed by atoms with van der Waals surface area (Å²) in [5.41, 5.74) is 0.474. The maximum Gasteiger partial charge on any atom is 0.309 e. The molecule has 0 bridgehead atoms. The minimum Gasteiger partial charge on any atom is -0.481 e. The molecule has 164 valence electrons. The van der Waals surface area contributed by atoms with Crippen LogP contribution in [0, 0.1) is 28.6 Å². The Hall–Kier alpha value is -1.95. The van der Waals surface area contributed by atoms with E-state index in [1.807, 2.05) is 0 Å². The van der Waals surface area contributed by atoms with E-state index in [9.17, 15) is 19.5 Å². The average molecular weight is 417 g/mol. The summed E-state index contributed by atoms with van der Waals surface area (Å²) in [6.07, 6.45) is 7.83. The van der Waals surface area contributed by atoms with Crippen molar-refractivity contribution < 1.29 is 29.3 Å². The van der Waals surface area contributed by atoms with E-state index in [4.69, 9.17) is 9.84 Å². The molecule has 2 N–H and O–H groups in total. The zero-order chi connectivity index (χ0) is 21.9. The van der Waals surface area contributed by atoms with Crippen molar-refractivity contribution in [1.82, 2.24) is 0 Å². The summed E-state index contributed by atoms with van der Waals surface area (Å²) in [7, 11) is 1.40. The smallest absolute Gasteiger partial charge is 0.309 e. The summed E-state index contributed by atoms with van der Waals surface area (Å²) in [5.74, 6) is -1.40. The molecule has 0 spiro atoms. The minimum atomic E-state index is -1.06. The standard InChI is InChI=1S/C24H32O6/c1-22-8-4-15(25)12-14(22)13-16(21(28)30-3)20-17(22)5-9-23(2)18(20)6-10-24(23,29)11-7-19(26)27/h5,12,16,18,20,29H,4,6-11,13H2,1-3H3,(H,26,27)/t16-,18+,20-,22+,23+,24+/m1/s1. The second-order valence-corrected chi connectivity index (χ2v) is 10.2. The number of rotatable bonds is 4. The van der Waals surface area contributed by atoms with Crippen LogP contribution >= 0.6 is 0 Å². The van der Waals surface area contributed by atoms with E-state index in [1.54, 1.807) is 6.08 Å². The molecule has 2 fully saturated rings. The van der Waals surface area contributed by atoms with Crippen LogP contribution in [0.25, 0.3) is 0 Å². The fourth-order valence-electron chi connectivity index (χ4n) is 7.07. The number of carbonyl (C=O) groups excluding carboxylic acids is 2. The average Bonchev–Trinajstić information content (AvgIpc) is 2.97. The van der Waals surface area contributed by atoms with Crippen molar-refractivity contribution in [3.8, 4) is 0 Å². The molecule has 30 heavy (non-hydrogen) atoms. The van der Waals surface area contributed by atoms with Gasteiger partial charge in [-0.3, -0.25) is 14.4 Å². The number of ether oxygens (including phenoxy) is 1. The van der Waals surface area contributed by atoms with Crippen molar-refractivity contribution in [2.24, 2.45) is 28.6 Å². The maximum absolute atomic E-state index is 12.8. The number of carboxylic acid groups (broad SMARTS) is 1. The van der Waals surface area contributed by atoms with Gasteiger partial charge in [-0.05, 0) is 56.4 Å². The molecule has 6 heteroatoms. The molecule has 0 unspecified atom stereocenters. The third-order valence-electron chi connectivity index (χ3n) is 8.97. The number of aliphatic carboxylic acids is 1. The SMILES string of the molecule is COC(=O)[C@@H]1CC2=CC(=O)CC[C@]2(C)C2=CC[C@@]3(C)[C@@H](CC[C@]3(O)CCC(=O)O)[C@@H]21. The molecule has 0 aromatic rings. The number of carbonyl (C=O) groups is 3. The number of hydrogen-bond acceptors (Lipinski definition) is 5. The molecule has 0 aliphatic heterocycles. The summed E-state index contributed by atoms with van der Waals surface area (Å²) in [6, 6.07) is 0. The van der Waals surface area contributed by atoms with Gasteiger partial charge in [0.2, 0.25) is 0 Å². The van der Waals surface area contributed by atoms with Crippen LogP contribution in [0.2, 0.25) is 0 Å². The summed E-state index contributed by atoms with van der Waals surface area (Å²) < 4.78 is 5.17. The number of carboxylic acids is 1. The Morgan fingerprint density at radius 1 is 1.27 bits per heavy atom. The highest BCUT2D eigenvalue weighted by molar-refractivity contribution is 5.92. The topological polar surface area (TPSA) is 101 Å². The normalized spacial score (nSPS) is 42.4. The molecular formula is C24H32O6. The van der Waals surface area contributed by atoms with Crippen LogP contribution in [-0.4, -0.2) is 40.6 Å². The zero-order valence-electron chi connectivity index (χ0n) is 18.1. The van der Waals surface area contributed by atoms with Gasteiger partial charge in [0, 0.05) is 23.7 Å². The van der Waals surface area contributed by atoms with Gasteiger partial charge in [-0.15, -0.1) is 0 Å². The number of fused-ring (bicyclic) bond motifs is 5. The molecule has 4 rings (SSSR count). The highest BCUT2D eigenvalue weighted by atomic mass is 16.5. The number of aliphatic hydroxyl groups is 1. The molecule has 0 aromatic carbocycles. The lowest BCUT2D eigenvalue weighted by molar-refractivity contribution is -0.152. The van der Waals surface area contributed by atoms with Gasteiger partial charge in [0.05, 0.1) is 18.6 Å². The van der Waals surface area contributed by atoms with Gasteiger partial charge in [0.25, 0.3) is 0 Å². The van der Waals surface area contributed by atoms with E-state index in [1.165, 1.54) is 12.7 Å². The minimum absolute atomic E-state index is 0.0506. The van der Waals surface area contributed by atoms with E-state index >= 15 is 0 Å². The summed E-state index contributed by atoms with van der Waals surface area (Å²) >= 11 is 0. The highest BCUT2D eigenvalue weighted by Crippen LogP contribution is 2.67. The summed E-state index contributed by atoms with van der Waals surface area (Å²) in [4.78, 5) is 36.1. The maximum atomic E-state index is 12.8. The van der Waals surface area contributed by atoms with E-state index < -0.39 is 17.0 Å². The number of allylic oxidation sites excluding steroid dienone is 4. The van der Waals surface area contributed by atoms with E-state index in [-0.39, 0.29) is 47.8 Å². The number of hydrogen-bond donors (Lipinski definition) is 2. The summed E-state index contributed by atoms with van der Waals surface area (Å²) in [6.45, 7) is 4.25. The quantitative estimate of drug-likeness (QED) is 0.538. The molecule has 2 saturated carbocycles. The lowest BCUT2D eigenvalue weighted by Crippen LogP contribution is -2.54. The third kappa shape index (κ3) is 2.90. The van der Waals surface area contributed by atoms with Crippen molar-refractivity contribution in [3.05, 3.63) is 23.3 Å². The number of ketones is 1. The Balaban J connectivity index is 1.79. The molecule has 0 aromatic heterocycles. The molecule has 0 heterocycles. The monoisotopic (exact) mass is 416 g/mol. The number of esters is 1. The third-order valence-corrected chi connectivity index (χ3v) is 8.97. The lowest BCUT2D eigenvalue weighted by Gasteiger charge is -2.56. The van der Waals surface area contributed by atoms with Crippen LogP contribution in [0.4, 0.5) is 0 Å². The van der Waals surface area contributed by atoms with Gasteiger partial charge in [-0.25, -0.2) is 0 Å². The Morgan fingerprint density at radius 2 is 2.00 bits per heavy atom. The summed E-state index contributed by atoms with van der Waals surface area (Å²) in [5, 5.41) is 20.7. The molecule has 6 nitrogen and oxygen atoms in total. The Labute approximate surface area is 177 Å². The van der Waals surface area contributed by atoms with Crippen LogP contribution in [0.5, 0.6) is 0 Å². The van der Waals surface area contributed by atoms with Crippen molar-refractivity contribution in [2.45, 2.75) is 70.8 Å². The first kappa shape index (κ1) is 21.3. The largest absolute Gasteiger partial charge is 0.481 e. The fourth-order valence-corrected chi connectivity index (χ4v) is 7.07. The number of methoxy groups -OCH3 is 1. The molecule has 0 amide bonds. The molecule has 6 atom stereocenters. The first-order valence-electron chi connectivity index (χ1n) is 11.0. The predicted octanol–water partition coefficient (Wildman–Crippen LogP) is 3.43. The highest BCUT2D eigenvalue weighted by Gasteiger charge is 2.64. The van der Waals surface area contributed by atoms with Crippen molar-refractivity contribution in [2.75, 3.05) is 7.11 Å². The van der Waals surface area contributed by atoms with Crippen LogP contribution in [-0.2, 0) is 19.1 Å². The van der Waals surface area contributed by atoms with Crippen LogP contribution < -0.4 is 0 Å². The van der Waals surface area contributed by atoms with Crippen LogP contribution in [0.15, 0.2) is 23.3 Å². The Morgan fingerprint density at radius 3 is 2.67 bits per heavy atom. The zero-order valence-corrected chi connectivity index (χ0v) is 18.1. The Kier molecular flexibility index (Phi) is 5.00. The Bertz CT molecular complexity index is 856. The van der Waals surface area contributed by atoms with Crippen LogP contribution in [0.1, 0.15) is 65.2 Å². The van der Waals surface area contributed by atoms with Crippen molar-refractivity contribution in [1.29, 1.82) is 0 Å². The first-order valence-corrected chi connectivity index (χ1v) is 11.0. The van der Waals surface area contributed by atoms with Gasteiger partial charge in [-0.1, -0.05) is 31.1 Å². The van der Waals surface area contributed by atoms with Crippen molar-refractivity contribution >= 4 is 17.7 Å². The van der Waals surface area contributed by atoms with E-state index in [0.717, 1.165) is 18.4 Å². The fraction of sp³-hybridized carbons (Fsp3) is 0.708. The van der Waals surface area contributed by atoms with Gasteiger partial charge >= 0.3 is 11.9 Å². The van der Waals surface area contributed by atoms with Gasteiger partial charge < -0.3 is 14.9 Å². The molecule has 4 aliphatic carbocycles.